The zero-order chi connectivity index (χ0) is 13.7. The third kappa shape index (κ3) is 3.81. The van der Waals surface area contributed by atoms with Crippen molar-refractivity contribution in [3.8, 4) is 5.75 Å². The van der Waals surface area contributed by atoms with Gasteiger partial charge in [0.05, 0.1) is 0 Å². The van der Waals surface area contributed by atoms with Gasteiger partial charge >= 0.3 is 0 Å². The number of carbonyl (C=O) groups excluding carboxylic acids is 1. The zero-order valence-corrected chi connectivity index (χ0v) is 10.5. The maximum atomic E-state index is 13.0. The number of nitrogens with one attached hydrogen (secondary N) is 1. The van der Waals surface area contributed by atoms with Crippen molar-refractivity contribution in [3.05, 3.63) is 60.4 Å². The molecule has 0 spiro atoms. The predicted octanol–water partition coefficient (Wildman–Crippen LogP) is 3.23. The van der Waals surface area contributed by atoms with Crippen LogP contribution < -0.4 is 10.1 Å². The summed E-state index contributed by atoms with van der Waals surface area (Å²) < 4.78 is 18.4. The Labute approximate surface area is 111 Å². The number of hydrogen-bond acceptors (Lipinski definition) is 2. The second-order valence-corrected chi connectivity index (χ2v) is 4.07. The van der Waals surface area contributed by atoms with Gasteiger partial charge in [-0.1, -0.05) is 24.3 Å². The Kier molecular flexibility index (Phi) is 4.13. The molecule has 1 amide bonds. The number of halogens is 1. The second kappa shape index (κ2) is 6.00. The number of para-hydroxylation sites is 1. The van der Waals surface area contributed by atoms with Crippen molar-refractivity contribution in [1.29, 1.82) is 0 Å². The quantitative estimate of drug-likeness (QED) is 0.915. The molecule has 0 heterocycles. The molecular weight excluding hydrogens is 245 g/mol. The van der Waals surface area contributed by atoms with Crippen molar-refractivity contribution in [2.24, 2.45) is 0 Å². The van der Waals surface area contributed by atoms with E-state index in [1.807, 2.05) is 18.2 Å². The van der Waals surface area contributed by atoms with Crippen molar-refractivity contribution in [3.63, 3.8) is 0 Å². The summed E-state index contributed by atoms with van der Waals surface area (Å²) in [5.41, 5.74) is 0.696. The van der Waals surface area contributed by atoms with Crippen LogP contribution in [0.4, 0.5) is 10.1 Å². The van der Waals surface area contributed by atoms with Crippen molar-refractivity contribution in [2.45, 2.75) is 13.0 Å². The molecule has 0 aliphatic heterocycles. The first-order valence-corrected chi connectivity index (χ1v) is 5.93. The van der Waals surface area contributed by atoms with Crippen LogP contribution in [0, 0.1) is 5.82 Å². The minimum atomic E-state index is -0.706. The molecule has 0 aliphatic rings. The van der Waals surface area contributed by atoms with Crippen LogP contribution in [0.3, 0.4) is 0 Å². The molecule has 2 aromatic carbocycles. The number of benzene rings is 2. The lowest BCUT2D eigenvalue weighted by atomic mass is 10.3. The lowest BCUT2D eigenvalue weighted by Gasteiger charge is -2.14. The van der Waals surface area contributed by atoms with E-state index in [4.69, 9.17) is 4.74 Å². The fourth-order valence-electron chi connectivity index (χ4n) is 1.56. The Morgan fingerprint density at radius 2 is 1.89 bits per heavy atom. The van der Waals surface area contributed by atoms with E-state index < -0.39 is 11.9 Å². The molecule has 0 radical (unpaired) electrons. The molecule has 0 saturated carbocycles. The van der Waals surface area contributed by atoms with Gasteiger partial charge in [0.25, 0.3) is 5.91 Å². The van der Waals surface area contributed by atoms with Gasteiger partial charge in [0, 0.05) is 11.8 Å². The summed E-state index contributed by atoms with van der Waals surface area (Å²) in [4.78, 5) is 11.9. The Bertz CT molecular complexity index is 557. The summed E-state index contributed by atoms with van der Waals surface area (Å²) in [6.07, 6.45) is -0.706. The second-order valence-electron chi connectivity index (χ2n) is 4.07. The van der Waals surface area contributed by atoms with Gasteiger partial charge in [0.1, 0.15) is 11.6 Å². The van der Waals surface area contributed by atoms with Gasteiger partial charge in [-0.05, 0) is 31.2 Å². The van der Waals surface area contributed by atoms with Gasteiger partial charge in [0.2, 0.25) is 0 Å². The molecule has 1 N–H and O–H groups in total. The Hall–Kier alpha value is -2.36. The summed E-state index contributed by atoms with van der Waals surface area (Å²) in [6.45, 7) is 1.61. The molecule has 0 bridgehead atoms. The molecule has 0 aromatic heterocycles. The highest BCUT2D eigenvalue weighted by atomic mass is 19.1. The van der Waals surface area contributed by atoms with E-state index in [1.54, 1.807) is 25.1 Å². The third-order valence-corrected chi connectivity index (χ3v) is 2.52. The van der Waals surface area contributed by atoms with E-state index in [9.17, 15) is 9.18 Å². The minimum absolute atomic E-state index is 0.282. The largest absolute Gasteiger partial charge is 0.481 e. The van der Waals surface area contributed by atoms with E-state index in [0.717, 1.165) is 0 Å². The first-order valence-electron chi connectivity index (χ1n) is 5.93. The molecule has 1 atom stereocenters. The monoisotopic (exact) mass is 259 g/mol. The number of amides is 1. The molecule has 0 aliphatic carbocycles. The summed E-state index contributed by atoms with van der Waals surface area (Å²) in [6, 6.07) is 14.8. The van der Waals surface area contributed by atoms with Crippen LogP contribution in [0.2, 0.25) is 0 Å². The van der Waals surface area contributed by atoms with Crippen LogP contribution in [-0.4, -0.2) is 12.0 Å². The fourth-order valence-corrected chi connectivity index (χ4v) is 1.56. The standard InChI is InChI=1S/C15H14FNO2/c1-11(19-14-9-5-6-12(16)10-14)15(18)17-13-7-3-2-4-8-13/h2-11H,1H3,(H,17,18)/t11-/m1/s1. The lowest BCUT2D eigenvalue weighted by Crippen LogP contribution is -2.30. The molecule has 2 rings (SSSR count). The average Bonchev–Trinajstić information content (AvgIpc) is 2.40. The van der Waals surface area contributed by atoms with Crippen molar-refractivity contribution >= 4 is 11.6 Å². The van der Waals surface area contributed by atoms with Crippen LogP contribution in [-0.2, 0) is 4.79 Å². The Morgan fingerprint density at radius 1 is 1.16 bits per heavy atom. The van der Waals surface area contributed by atoms with Crippen molar-refractivity contribution < 1.29 is 13.9 Å². The van der Waals surface area contributed by atoms with Crippen LogP contribution >= 0.6 is 0 Å². The predicted molar refractivity (Wildman–Crippen MR) is 71.6 cm³/mol. The fraction of sp³-hybridized carbons (Fsp3) is 0.133. The SMILES string of the molecule is C[C@@H](Oc1cccc(F)c1)C(=O)Nc1ccccc1. The lowest BCUT2D eigenvalue weighted by molar-refractivity contribution is -0.122. The minimum Gasteiger partial charge on any atom is -0.481 e. The first kappa shape index (κ1) is 13.1. The van der Waals surface area contributed by atoms with Gasteiger partial charge in [-0.25, -0.2) is 4.39 Å². The molecule has 0 saturated heterocycles. The summed E-state index contributed by atoms with van der Waals surface area (Å²) in [5, 5.41) is 2.72. The van der Waals surface area contributed by atoms with Crippen molar-refractivity contribution in [2.75, 3.05) is 5.32 Å². The molecule has 0 fully saturated rings. The van der Waals surface area contributed by atoms with Gasteiger partial charge < -0.3 is 10.1 Å². The van der Waals surface area contributed by atoms with Crippen LogP contribution in [0.25, 0.3) is 0 Å². The number of carbonyl (C=O) groups is 1. The van der Waals surface area contributed by atoms with Gasteiger partial charge in [0.15, 0.2) is 6.10 Å². The zero-order valence-electron chi connectivity index (χ0n) is 10.5. The van der Waals surface area contributed by atoms with E-state index in [-0.39, 0.29) is 5.91 Å². The molecule has 19 heavy (non-hydrogen) atoms. The number of ether oxygens (including phenoxy) is 1. The average molecular weight is 259 g/mol. The highest BCUT2D eigenvalue weighted by molar-refractivity contribution is 5.94. The normalized spacial score (nSPS) is 11.7. The van der Waals surface area contributed by atoms with Gasteiger partial charge in [-0.3, -0.25) is 4.79 Å². The number of hydrogen-bond donors (Lipinski definition) is 1. The summed E-state index contributed by atoms with van der Waals surface area (Å²) >= 11 is 0. The highest BCUT2D eigenvalue weighted by Crippen LogP contribution is 2.14. The van der Waals surface area contributed by atoms with E-state index in [1.165, 1.54) is 18.2 Å². The molecule has 3 nitrogen and oxygen atoms in total. The summed E-state index contributed by atoms with van der Waals surface area (Å²) in [7, 11) is 0. The highest BCUT2D eigenvalue weighted by Gasteiger charge is 2.14. The Morgan fingerprint density at radius 3 is 2.58 bits per heavy atom. The number of rotatable bonds is 4. The van der Waals surface area contributed by atoms with Crippen molar-refractivity contribution in [1.82, 2.24) is 0 Å². The number of anilines is 1. The summed E-state index contributed by atoms with van der Waals surface area (Å²) in [5.74, 6) is -0.348. The molecule has 98 valence electrons. The van der Waals surface area contributed by atoms with Gasteiger partial charge in [-0.15, -0.1) is 0 Å². The van der Waals surface area contributed by atoms with Gasteiger partial charge in [-0.2, -0.15) is 0 Å². The smallest absolute Gasteiger partial charge is 0.265 e. The third-order valence-electron chi connectivity index (χ3n) is 2.52. The van der Waals surface area contributed by atoms with E-state index in [0.29, 0.717) is 11.4 Å². The van der Waals surface area contributed by atoms with Crippen LogP contribution in [0.1, 0.15) is 6.92 Å². The topological polar surface area (TPSA) is 38.3 Å². The molecule has 4 heteroatoms. The van der Waals surface area contributed by atoms with Crippen LogP contribution in [0.15, 0.2) is 54.6 Å². The maximum Gasteiger partial charge on any atom is 0.265 e. The molecule has 2 aromatic rings. The molecule has 0 unspecified atom stereocenters. The van der Waals surface area contributed by atoms with E-state index in [2.05, 4.69) is 5.32 Å². The van der Waals surface area contributed by atoms with Crippen LogP contribution in [0.5, 0.6) is 5.75 Å². The molecular formula is C15H14FNO2. The maximum absolute atomic E-state index is 13.0. The Balaban J connectivity index is 1.96. The first-order chi connectivity index (χ1) is 9.15. The van der Waals surface area contributed by atoms with E-state index >= 15 is 0 Å².